The van der Waals surface area contributed by atoms with Gasteiger partial charge in [-0.2, -0.15) is 4.68 Å². The molecular weight excluding hydrogens is 597 g/mol. The van der Waals surface area contributed by atoms with Crippen LogP contribution in [-0.4, -0.2) is 32.6 Å². The second-order valence-electron chi connectivity index (χ2n) is 10.7. The molecule has 0 saturated heterocycles. The van der Waals surface area contributed by atoms with E-state index in [2.05, 4.69) is 26.8 Å². The summed E-state index contributed by atoms with van der Waals surface area (Å²) >= 11 is 13.1. The van der Waals surface area contributed by atoms with Gasteiger partial charge in [0.1, 0.15) is 14.8 Å². The molecule has 0 aliphatic heterocycles. The Morgan fingerprint density at radius 2 is 1.69 bits per heavy atom. The van der Waals surface area contributed by atoms with Gasteiger partial charge in [0, 0.05) is 11.6 Å². The summed E-state index contributed by atoms with van der Waals surface area (Å²) in [5.41, 5.74) is 2.76. The fourth-order valence-electron chi connectivity index (χ4n) is 3.70. The lowest BCUT2D eigenvalue weighted by atomic mass is 10.1. The molecule has 1 N–H and O–H groups in total. The first-order valence-electron chi connectivity index (χ1n) is 13.0. The lowest BCUT2D eigenvalue weighted by Crippen LogP contribution is -2.43. The molecule has 0 bridgehead atoms. The summed E-state index contributed by atoms with van der Waals surface area (Å²) in [5, 5.41) is 10.6. The molecule has 218 valence electrons. The van der Waals surface area contributed by atoms with Crippen molar-refractivity contribution >= 4 is 31.3 Å². The minimum atomic E-state index is -1.89. The van der Waals surface area contributed by atoms with Crippen molar-refractivity contribution in [2.75, 3.05) is 0 Å². The Hall–Kier alpha value is -3.95. The predicted octanol–water partition coefficient (Wildman–Crippen LogP) is 5.10. The van der Waals surface area contributed by atoms with Crippen molar-refractivity contribution in [2.45, 2.75) is 52.7 Å². The Bertz CT molecular complexity index is 1830. The summed E-state index contributed by atoms with van der Waals surface area (Å²) in [6, 6.07) is 13.7. The zero-order valence-electron chi connectivity index (χ0n) is 23.7. The molecule has 0 amide bonds. The molecule has 0 unspecified atom stereocenters. The summed E-state index contributed by atoms with van der Waals surface area (Å²) in [4.78, 5) is 38.8. The molecule has 0 fully saturated rings. The molecule has 10 nitrogen and oxygen atoms in total. The number of aromatic amines is 1. The van der Waals surface area contributed by atoms with Crippen molar-refractivity contribution < 1.29 is 9.47 Å². The number of nitrogens with zero attached hydrogens (tertiary/aromatic N) is 4. The summed E-state index contributed by atoms with van der Waals surface area (Å²) in [7, 11) is -1.89. The van der Waals surface area contributed by atoms with Crippen LogP contribution in [0.15, 0.2) is 62.9 Å². The maximum Gasteiger partial charge on any atom is 0.354 e. The molecule has 0 saturated carbocycles. The Balaban J connectivity index is 1.75. The van der Waals surface area contributed by atoms with Crippen LogP contribution in [0.1, 0.15) is 36.6 Å². The third kappa shape index (κ3) is 7.46. The van der Waals surface area contributed by atoms with Crippen LogP contribution in [0.3, 0.4) is 0 Å². The minimum Gasteiger partial charge on any atom is -0.434 e. The molecular formula is C29H29Cl2N5O5Si. The highest BCUT2D eigenvalue weighted by molar-refractivity contribution is 6.83. The zero-order valence-corrected chi connectivity index (χ0v) is 26.2. The Labute approximate surface area is 252 Å². The molecule has 0 aliphatic rings. The minimum absolute atomic E-state index is 0.0399. The van der Waals surface area contributed by atoms with E-state index in [4.69, 9.17) is 32.7 Å². The number of rotatable bonds is 8. The topological polar surface area (TPSA) is 121 Å². The van der Waals surface area contributed by atoms with Crippen molar-refractivity contribution in [3.8, 4) is 28.8 Å². The standard InChI is InChI=1S/C29H29Cl2N5O5Si/c1-18(2)21-15-25(32-33-27(21)37)41-26-22(30)13-20(14-23(26)31)36-29(39)35(17-40-16-19-9-7-6-8-10-19)28(38)24(34-36)11-12-42(3,4)5/h6-10,13-15,18H,16-17H2,1-5H3,(H,33,37). The summed E-state index contributed by atoms with van der Waals surface area (Å²) < 4.78 is 13.4. The molecule has 4 rings (SSSR count). The quantitative estimate of drug-likeness (QED) is 0.213. The molecule has 0 radical (unpaired) electrons. The van der Waals surface area contributed by atoms with Crippen LogP contribution in [-0.2, 0) is 18.1 Å². The van der Waals surface area contributed by atoms with Gasteiger partial charge in [-0.15, -0.1) is 15.7 Å². The second-order valence-corrected chi connectivity index (χ2v) is 16.3. The molecule has 2 aromatic carbocycles. The van der Waals surface area contributed by atoms with Gasteiger partial charge in [0.2, 0.25) is 5.88 Å². The SMILES string of the molecule is CC(C)c1cc(Oc2c(Cl)cc(-n3nc(C#C[Si](C)(C)C)c(=O)n(COCc4ccccc4)c3=O)cc2Cl)n[nH]c1=O. The average Bonchev–Trinajstić information content (AvgIpc) is 2.92. The first kappa shape index (κ1) is 31.0. The van der Waals surface area contributed by atoms with Gasteiger partial charge >= 0.3 is 5.69 Å². The van der Waals surface area contributed by atoms with Crippen LogP contribution in [0.4, 0.5) is 0 Å². The monoisotopic (exact) mass is 625 g/mol. The normalized spacial score (nSPS) is 11.3. The van der Waals surface area contributed by atoms with E-state index in [1.165, 1.54) is 18.2 Å². The van der Waals surface area contributed by atoms with Crippen molar-refractivity contribution in [1.82, 2.24) is 24.5 Å². The highest BCUT2D eigenvalue weighted by atomic mass is 35.5. The van der Waals surface area contributed by atoms with Gasteiger partial charge in [-0.25, -0.2) is 14.5 Å². The third-order valence-corrected chi connectivity index (χ3v) is 7.25. The number of ether oxygens (including phenoxy) is 2. The highest BCUT2D eigenvalue weighted by Gasteiger charge is 2.19. The molecule has 2 aromatic heterocycles. The van der Waals surface area contributed by atoms with E-state index in [0.717, 1.165) is 14.8 Å². The van der Waals surface area contributed by atoms with Gasteiger partial charge in [0.25, 0.3) is 11.1 Å². The molecule has 13 heteroatoms. The van der Waals surface area contributed by atoms with Gasteiger partial charge in [-0.3, -0.25) is 9.59 Å². The van der Waals surface area contributed by atoms with Crippen molar-refractivity contribution in [2.24, 2.45) is 0 Å². The van der Waals surface area contributed by atoms with Crippen LogP contribution >= 0.6 is 23.2 Å². The van der Waals surface area contributed by atoms with Gasteiger partial charge in [0.15, 0.2) is 11.4 Å². The number of hydrogen-bond acceptors (Lipinski definition) is 7. The Kier molecular flexibility index (Phi) is 9.53. The van der Waals surface area contributed by atoms with Crippen molar-refractivity contribution in [3.05, 3.63) is 107 Å². The number of aromatic nitrogens is 5. The molecule has 4 aromatic rings. The van der Waals surface area contributed by atoms with Gasteiger partial charge in [-0.05, 0) is 29.5 Å². The smallest absolute Gasteiger partial charge is 0.354 e. The number of benzene rings is 2. The second kappa shape index (κ2) is 12.9. The van der Waals surface area contributed by atoms with Crippen LogP contribution < -0.4 is 21.5 Å². The molecule has 0 aliphatic carbocycles. The molecule has 2 heterocycles. The van der Waals surface area contributed by atoms with E-state index in [1.807, 2.05) is 63.8 Å². The number of halogens is 2. The van der Waals surface area contributed by atoms with Crippen molar-refractivity contribution in [1.29, 1.82) is 0 Å². The van der Waals surface area contributed by atoms with Crippen molar-refractivity contribution in [3.63, 3.8) is 0 Å². The zero-order chi connectivity index (χ0) is 30.6. The Morgan fingerprint density at radius 3 is 2.31 bits per heavy atom. The van der Waals surface area contributed by atoms with Crippen LogP contribution in [0.5, 0.6) is 11.6 Å². The first-order chi connectivity index (χ1) is 19.8. The van der Waals surface area contributed by atoms with Crippen LogP contribution in [0.25, 0.3) is 5.69 Å². The van der Waals surface area contributed by atoms with E-state index < -0.39 is 19.3 Å². The van der Waals surface area contributed by atoms with Gasteiger partial charge < -0.3 is 9.47 Å². The lowest BCUT2D eigenvalue weighted by Gasteiger charge is -2.14. The van der Waals surface area contributed by atoms with E-state index >= 15 is 0 Å². The first-order valence-corrected chi connectivity index (χ1v) is 17.3. The largest absolute Gasteiger partial charge is 0.434 e. The Morgan fingerprint density at radius 1 is 1.02 bits per heavy atom. The van der Waals surface area contributed by atoms with E-state index in [9.17, 15) is 14.4 Å². The summed E-state index contributed by atoms with van der Waals surface area (Å²) in [5.74, 6) is 2.92. The number of H-pyrrole nitrogens is 1. The van der Waals surface area contributed by atoms with Gasteiger partial charge in [-0.1, -0.05) is 87.0 Å². The van der Waals surface area contributed by atoms with Crippen LogP contribution in [0, 0.1) is 11.5 Å². The fraction of sp³-hybridized carbons (Fsp3) is 0.276. The third-order valence-electron chi connectivity index (χ3n) is 5.81. The predicted molar refractivity (Wildman–Crippen MR) is 165 cm³/mol. The lowest BCUT2D eigenvalue weighted by molar-refractivity contribution is 0.0577. The average molecular weight is 627 g/mol. The van der Waals surface area contributed by atoms with Crippen LogP contribution in [0.2, 0.25) is 29.7 Å². The molecule has 0 atom stereocenters. The van der Waals surface area contributed by atoms with Gasteiger partial charge in [0.05, 0.1) is 22.3 Å². The van der Waals surface area contributed by atoms with E-state index in [0.29, 0.717) is 5.56 Å². The summed E-state index contributed by atoms with van der Waals surface area (Å²) in [6.45, 7) is 9.66. The van der Waals surface area contributed by atoms with E-state index in [-0.39, 0.29) is 57.9 Å². The highest BCUT2D eigenvalue weighted by Crippen LogP contribution is 2.37. The number of hydrogen-bond donors (Lipinski definition) is 1. The maximum absolute atomic E-state index is 13.5. The molecule has 42 heavy (non-hydrogen) atoms. The maximum atomic E-state index is 13.5. The number of nitrogens with one attached hydrogen (secondary N) is 1. The van der Waals surface area contributed by atoms with E-state index in [1.54, 1.807) is 0 Å². The molecule has 0 spiro atoms. The fourth-order valence-corrected chi connectivity index (χ4v) is 4.75. The summed E-state index contributed by atoms with van der Waals surface area (Å²) in [6.07, 6.45) is 0.